The zero-order chi connectivity index (χ0) is 10.4. The molecule has 1 saturated heterocycles. The van der Waals surface area contributed by atoms with Gasteiger partial charge in [-0.25, -0.2) is 0 Å². The summed E-state index contributed by atoms with van der Waals surface area (Å²) in [5.41, 5.74) is 0. The average molecular weight is 424 g/mol. The second kappa shape index (κ2) is 7.18. The van der Waals surface area contributed by atoms with Crippen LogP contribution in [-0.4, -0.2) is 51.6 Å². The van der Waals surface area contributed by atoms with Crippen molar-refractivity contribution in [1.82, 2.24) is 11.5 Å². The van der Waals surface area contributed by atoms with E-state index >= 15 is 0 Å². The van der Waals surface area contributed by atoms with Crippen molar-refractivity contribution in [3.8, 4) is 0 Å². The van der Waals surface area contributed by atoms with E-state index in [9.17, 15) is 4.79 Å². The van der Waals surface area contributed by atoms with Crippen molar-refractivity contribution in [2.24, 2.45) is 0 Å². The predicted octanol–water partition coefficient (Wildman–Crippen LogP) is -2.91. The van der Waals surface area contributed by atoms with Gasteiger partial charge in [0.2, 0.25) is 0 Å². The number of hydrogen-bond donors (Lipinski definition) is 1. The molecule has 0 unspecified atom stereocenters. The van der Waals surface area contributed by atoms with Gasteiger partial charge in [0.15, 0.2) is 0 Å². The third-order valence-corrected chi connectivity index (χ3v) is 4.28. The molecule has 0 aliphatic carbocycles. The van der Waals surface area contributed by atoms with Crippen LogP contribution in [0.25, 0.3) is 0 Å². The van der Waals surface area contributed by atoms with Crippen LogP contribution in [-0.2, 0) is 4.79 Å². The number of nitrogens with zero attached hydrogens (tertiary/aromatic N) is 2. The van der Waals surface area contributed by atoms with Crippen molar-refractivity contribution in [2.75, 3.05) is 37.7 Å². The van der Waals surface area contributed by atoms with Crippen LogP contribution in [0.3, 0.4) is 0 Å². The van der Waals surface area contributed by atoms with Gasteiger partial charge in [-0.1, -0.05) is 0 Å². The zero-order valence-corrected chi connectivity index (χ0v) is 12.6. The fourth-order valence-electron chi connectivity index (χ4n) is 1.36. The molecule has 0 bridgehead atoms. The number of carbonyl (C=O) groups excluding carboxylic acids is 1. The summed E-state index contributed by atoms with van der Waals surface area (Å²) in [7, 11) is 0. The van der Waals surface area contributed by atoms with Crippen LogP contribution in [0, 0.1) is 0 Å². The van der Waals surface area contributed by atoms with E-state index in [0.717, 1.165) is 32.7 Å². The molecule has 0 spiro atoms. The number of alkyl halides is 1. The number of rotatable bonds is 4. The third-order valence-electron chi connectivity index (χ3n) is 2.17. The summed E-state index contributed by atoms with van der Waals surface area (Å²) in [4.78, 5) is 15.7. The molecular formula is C8H16I2N3O-. The first kappa shape index (κ1) is 12.9. The molecule has 0 aromatic carbocycles. The molecule has 4 nitrogen and oxygen atoms in total. The van der Waals surface area contributed by atoms with Crippen molar-refractivity contribution in [2.45, 2.75) is 6.42 Å². The van der Waals surface area contributed by atoms with Crippen LogP contribution in [0.4, 0.5) is 0 Å². The van der Waals surface area contributed by atoms with Crippen LogP contribution in [0.15, 0.2) is 0 Å². The minimum atomic E-state index is -0.0988. The number of halogens is 2. The van der Waals surface area contributed by atoms with Gasteiger partial charge in [-0.05, 0) is 0 Å². The van der Waals surface area contributed by atoms with Gasteiger partial charge in [-0.2, -0.15) is 0 Å². The summed E-state index contributed by atoms with van der Waals surface area (Å²) in [6.07, 6.45) is 0.662. The molecule has 1 fully saturated rings. The molecule has 1 aliphatic rings. The second-order valence-corrected chi connectivity index (χ2v) is 6.19. The van der Waals surface area contributed by atoms with Gasteiger partial charge < -0.3 is 0 Å². The second-order valence-electron chi connectivity index (χ2n) is 3.21. The number of piperazine rings is 1. The Morgan fingerprint density at radius 3 is 2.64 bits per heavy atom. The number of amides is 1. The summed E-state index contributed by atoms with van der Waals surface area (Å²) in [5.74, 6) is 0.220. The van der Waals surface area contributed by atoms with E-state index < -0.39 is 0 Å². The Hall–Kier alpha value is 0.850. The quantitative estimate of drug-likeness (QED) is 0.299. The van der Waals surface area contributed by atoms with Gasteiger partial charge in [0.25, 0.3) is 0 Å². The first-order valence-corrected chi connectivity index (χ1v) is 8.83. The van der Waals surface area contributed by atoms with Gasteiger partial charge >= 0.3 is 111 Å². The van der Waals surface area contributed by atoms with Crippen LogP contribution >= 0.6 is 22.9 Å². The molecule has 1 amide bonds. The van der Waals surface area contributed by atoms with E-state index in [4.69, 9.17) is 0 Å². The van der Waals surface area contributed by atoms with E-state index in [1.807, 2.05) is 0 Å². The van der Waals surface area contributed by atoms with E-state index in [1.165, 1.54) is 0 Å². The van der Waals surface area contributed by atoms with E-state index in [1.54, 1.807) is 0 Å². The zero-order valence-electron chi connectivity index (χ0n) is 8.30. The molecule has 1 N–H and O–H groups in total. The molecule has 0 saturated carbocycles. The summed E-state index contributed by atoms with van der Waals surface area (Å²) < 4.78 is 5.22. The normalized spacial score (nSPS) is 19.9. The molecule has 84 valence electrons. The topological polar surface area (TPSA) is 35.6 Å². The van der Waals surface area contributed by atoms with Crippen molar-refractivity contribution < 1.29 is 26.3 Å². The Kier molecular flexibility index (Phi) is 6.62. The third kappa shape index (κ3) is 5.08. The Bertz CT molecular complexity index is 183. The number of carbonyl (C=O) groups is 1. The molecule has 0 radical (unpaired) electrons. The van der Waals surface area contributed by atoms with E-state index in [0.29, 0.717) is 6.42 Å². The Morgan fingerprint density at radius 2 is 2.07 bits per heavy atom. The first-order chi connectivity index (χ1) is 6.72. The van der Waals surface area contributed by atoms with Crippen molar-refractivity contribution in [1.29, 1.82) is 0 Å². The predicted molar refractivity (Wildman–Crippen MR) is 60.7 cm³/mol. The molecule has 0 aromatic heterocycles. The van der Waals surface area contributed by atoms with Gasteiger partial charge in [-0.15, -0.1) is 0 Å². The van der Waals surface area contributed by atoms with Gasteiger partial charge in [0.1, 0.15) is 0 Å². The standard InChI is InChI=1S/C8H16I2N3O/c1-10-11-8(14)2-3-12-4-6-13(9)7-5-12/h2-7H2,1H3,(H,11,14)/q-1. The van der Waals surface area contributed by atoms with E-state index in [2.05, 4.69) is 39.3 Å². The van der Waals surface area contributed by atoms with Crippen molar-refractivity contribution in [3.05, 3.63) is 0 Å². The van der Waals surface area contributed by atoms with Crippen molar-refractivity contribution >= 4 is 28.8 Å². The molecule has 1 aliphatic heterocycles. The molecule has 0 atom stereocenters. The molecule has 1 heterocycles. The minimum absolute atomic E-state index is 0.0988. The fraction of sp³-hybridized carbons (Fsp3) is 0.875. The summed E-state index contributed by atoms with van der Waals surface area (Å²) in [5, 5.41) is 0. The fourth-order valence-corrected chi connectivity index (χ4v) is 2.66. The van der Waals surface area contributed by atoms with Crippen LogP contribution < -0.4 is 25.0 Å². The molecular weight excluding hydrogens is 408 g/mol. The Morgan fingerprint density at radius 1 is 1.43 bits per heavy atom. The maximum atomic E-state index is 11.2. The summed E-state index contributed by atoms with van der Waals surface area (Å²) in [6.45, 7) is 5.33. The summed E-state index contributed by atoms with van der Waals surface area (Å²) in [6, 6.07) is 0. The summed E-state index contributed by atoms with van der Waals surface area (Å²) >= 11 is 2.25. The van der Waals surface area contributed by atoms with Crippen molar-refractivity contribution in [3.63, 3.8) is 0 Å². The van der Waals surface area contributed by atoms with Gasteiger partial charge in [-0.3, -0.25) is 0 Å². The molecule has 1 rings (SSSR count). The van der Waals surface area contributed by atoms with Crippen LogP contribution in [0.5, 0.6) is 0 Å². The molecule has 0 aromatic rings. The maximum absolute atomic E-state index is 11.2. The first-order valence-electron chi connectivity index (χ1n) is 4.62. The van der Waals surface area contributed by atoms with E-state index in [-0.39, 0.29) is 27.4 Å². The molecule has 6 heteroatoms. The SMILES string of the molecule is C[I-]NC(=O)CCN1CCN(I)CC1. The van der Waals surface area contributed by atoms with Gasteiger partial charge in [0.05, 0.1) is 0 Å². The monoisotopic (exact) mass is 424 g/mol. The van der Waals surface area contributed by atoms with Crippen LogP contribution in [0.1, 0.15) is 6.42 Å². The number of nitrogens with one attached hydrogen (secondary N) is 1. The Labute approximate surface area is 110 Å². The Balaban J connectivity index is 2.09. The number of hydrogen-bond acceptors (Lipinski definition) is 3. The van der Waals surface area contributed by atoms with Crippen LogP contribution in [0.2, 0.25) is 0 Å². The van der Waals surface area contributed by atoms with Gasteiger partial charge in [0, 0.05) is 0 Å². The molecule has 14 heavy (non-hydrogen) atoms. The average Bonchev–Trinajstić information content (AvgIpc) is 2.17.